The maximum Gasteiger partial charge on any atom is 0.320 e. The quantitative estimate of drug-likeness (QED) is 0.801. The fraction of sp³-hybridized carbons (Fsp3) is 0.938. The molecule has 0 aromatic carbocycles. The summed E-state index contributed by atoms with van der Waals surface area (Å²) >= 11 is 0. The smallest absolute Gasteiger partial charge is 0.320 e. The molecule has 0 spiro atoms. The minimum atomic E-state index is -0.632. The third kappa shape index (κ3) is 2.20. The second-order valence-electron chi connectivity index (χ2n) is 7.95. The second kappa shape index (κ2) is 4.21. The summed E-state index contributed by atoms with van der Waals surface area (Å²) in [5.41, 5.74) is 0.456. The van der Waals surface area contributed by atoms with Crippen LogP contribution in [0.2, 0.25) is 0 Å². The van der Waals surface area contributed by atoms with E-state index in [2.05, 4.69) is 5.32 Å². The van der Waals surface area contributed by atoms with E-state index in [0.717, 1.165) is 37.1 Å². The summed E-state index contributed by atoms with van der Waals surface area (Å²) in [6, 6.07) is -0.270. The second-order valence-corrected chi connectivity index (χ2v) is 7.95. The normalized spacial score (nSPS) is 45.4. The van der Waals surface area contributed by atoms with Gasteiger partial charge in [-0.2, -0.15) is 0 Å². The first-order chi connectivity index (χ1) is 9.13. The van der Waals surface area contributed by atoms with Crippen LogP contribution >= 0.6 is 0 Å². The van der Waals surface area contributed by atoms with Gasteiger partial charge in [-0.25, -0.2) is 0 Å². The molecule has 5 rings (SSSR count). The van der Waals surface area contributed by atoms with Crippen LogP contribution in [0.3, 0.4) is 0 Å². The summed E-state index contributed by atoms with van der Waals surface area (Å²) in [7, 11) is 0. The van der Waals surface area contributed by atoms with Crippen molar-refractivity contribution in [1.82, 2.24) is 5.32 Å². The molecule has 0 aromatic rings. The van der Waals surface area contributed by atoms with Gasteiger partial charge in [0.25, 0.3) is 0 Å². The Morgan fingerprint density at radius 3 is 2.05 bits per heavy atom. The molecule has 0 radical (unpaired) electrons. The molecule has 4 bridgehead atoms. The fourth-order valence-corrected chi connectivity index (χ4v) is 5.72. The zero-order chi connectivity index (χ0) is 13.0. The molecule has 2 N–H and O–H groups in total. The van der Waals surface area contributed by atoms with Crippen LogP contribution in [0.25, 0.3) is 0 Å². The van der Waals surface area contributed by atoms with E-state index < -0.39 is 5.97 Å². The first-order valence-electron chi connectivity index (χ1n) is 8.10. The Morgan fingerprint density at radius 2 is 1.63 bits per heavy atom. The molecule has 0 heterocycles. The van der Waals surface area contributed by atoms with Gasteiger partial charge in [0.15, 0.2) is 0 Å². The van der Waals surface area contributed by atoms with Gasteiger partial charge in [-0.1, -0.05) is 0 Å². The largest absolute Gasteiger partial charge is 0.480 e. The molecule has 1 atom stereocenters. The van der Waals surface area contributed by atoms with Crippen molar-refractivity contribution >= 4 is 5.97 Å². The van der Waals surface area contributed by atoms with Crippen molar-refractivity contribution in [3.8, 4) is 0 Å². The van der Waals surface area contributed by atoms with E-state index in [1.165, 1.54) is 38.5 Å². The number of rotatable bonds is 5. The summed E-state index contributed by atoms with van der Waals surface area (Å²) in [6.07, 6.45) is 10.7. The Morgan fingerprint density at radius 1 is 1.11 bits per heavy atom. The summed E-state index contributed by atoms with van der Waals surface area (Å²) in [4.78, 5) is 11.3. The highest BCUT2D eigenvalue weighted by atomic mass is 16.4. The molecule has 3 heteroatoms. The fourth-order valence-electron chi connectivity index (χ4n) is 5.72. The average molecular weight is 263 g/mol. The zero-order valence-electron chi connectivity index (χ0n) is 11.6. The summed E-state index contributed by atoms with van der Waals surface area (Å²) in [6.45, 7) is 0.962. The molecule has 106 valence electrons. The van der Waals surface area contributed by atoms with Crippen LogP contribution < -0.4 is 5.32 Å². The number of nitrogens with one attached hydrogen (secondary N) is 1. The van der Waals surface area contributed by atoms with Crippen LogP contribution in [0.4, 0.5) is 0 Å². The standard InChI is InChI=1S/C16H25NO2/c18-15(19)14(13-1-2-13)17-9-16-6-10-3-11(7-16)5-12(4-10)8-16/h10-14,17H,1-9H2,(H,18,19). The summed E-state index contributed by atoms with van der Waals surface area (Å²) < 4.78 is 0. The first-order valence-corrected chi connectivity index (χ1v) is 8.10. The number of aliphatic carboxylic acids is 1. The molecule has 0 amide bonds. The van der Waals surface area contributed by atoms with Crippen molar-refractivity contribution in [1.29, 1.82) is 0 Å². The predicted octanol–water partition coefficient (Wildman–Crippen LogP) is 2.66. The van der Waals surface area contributed by atoms with Gasteiger partial charge >= 0.3 is 5.97 Å². The molecule has 5 saturated carbocycles. The van der Waals surface area contributed by atoms with Crippen LogP contribution in [0, 0.1) is 29.1 Å². The lowest BCUT2D eigenvalue weighted by Crippen LogP contribution is -2.53. The minimum absolute atomic E-state index is 0.270. The third-order valence-electron chi connectivity index (χ3n) is 6.22. The van der Waals surface area contributed by atoms with E-state index in [1.807, 2.05) is 0 Å². The van der Waals surface area contributed by atoms with Gasteiger partial charge in [0, 0.05) is 6.54 Å². The maximum absolute atomic E-state index is 11.3. The van der Waals surface area contributed by atoms with Gasteiger partial charge in [0.2, 0.25) is 0 Å². The molecule has 5 aliphatic carbocycles. The van der Waals surface area contributed by atoms with Gasteiger partial charge in [-0.15, -0.1) is 0 Å². The lowest BCUT2D eigenvalue weighted by molar-refractivity contribution is -0.140. The van der Waals surface area contributed by atoms with Gasteiger partial charge in [-0.05, 0) is 80.5 Å². The molecule has 19 heavy (non-hydrogen) atoms. The SMILES string of the molecule is O=C(O)C(NCC12CC3CC(CC(C3)C1)C2)C1CC1. The van der Waals surface area contributed by atoms with Crippen LogP contribution in [-0.4, -0.2) is 23.7 Å². The predicted molar refractivity (Wildman–Crippen MR) is 72.8 cm³/mol. The summed E-state index contributed by atoms with van der Waals surface area (Å²) in [5.74, 6) is 2.64. The zero-order valence-corrected chi connectivity index (χ0v) is 11.6. The highest BCUT2D eigenvalue weighted by Crippen LogP contribution is 2.59. The van der Waals surface area contributed by atoms with E-state index in [0.29, 0.717) is 11.3 Å². The molecular formula is C16H25NO2. The number of carbonyl (C=O) groups is 1. The van der Waals surface area contributed by atoms with E-state index in [4.69, 9.17) is 0 Å². The number of carboxylic acids is 1. The Kier molecular flexibility index (Phi) is 2.70. The summed E-state index contributed by atoms with van der Waals surface area (Å²) in [5, 5.41) is 12.8. The van der Waals surface area contributed by atoms with Crippen molar-refractivity contribution in [2.45, 2.75) is 57.4 Å². The number of hydrogen-bond donors (Lipinski definition) is 2. The van der Waals surface area contributed by atoms with Crippen LogP contribution in [0.15, 0.2) is 0 Å². The Balaban J connectivity index is 1.43. The highest BCUT2D eigenvalue weighted by molar-refractivity contribution is 5.74. The van der Waals surface area contributed by atoms with Crippen LogP contribution in [0.1, 0.15) is 51.4 Å². The van der Waals surface area contributed by atoms with Crippen molar-refractivity contribution in [2.24, 2.45) is 29.1 Å². The molecule has 0 aliphatic heterocycles. The lowest BCUT2D eigenvalue weighted by atomic mass is 9.49. The number of carboxylic acid groups (broad SMARTS) is 1. The van der Waals surface area contributed by atoms with E-state index in [-0.39, 0.29) is 6.04 Å². The highest BCUT2D eigenvalue weighted by Gasteiger charge is 2.51. The van der Waals surface area contributed by atoms with Crippen molar-refractivity contribution < 1.29 is 9.90 Å². The van der Waals surface area contributed by atoms with Gasteiger partial charge in [0.1, 0.15) is 6.04 Å². The molecule has 3 nitrogen and oxygen atoms in total. The lowest BCUT2D eigenvalue weighted by Gasteiger charge is -2.57. The molecular weight excluding hydrogens is 238 g/mol. The molecule has 5 fully saturated rings. The van der Waals surface area contributed by atoms with Gasteiger partial charge in [-0.3, -0.25) is 4.79 Å². The minimum Gasteiger partial charge on any atom is -0.480 e. The Labute approximate surface area is 115 Å². The van der Waals surface area contributed by atoms with Crippen LogP contribution in [0.5, 0.6) is 0 Å². The van der Waals surface area contributed by atoms with E-state index in [9.17, 15) is 9.90 Å². The van der Waals surface area contributed by atoms with Crippen molar-refractivity contribution in [3.05, 3.63) is 0 Å². The Bertz CT molecular complexity index is 353. The van der Waals surface area contributed by atoms with E-state index >= 15 is 0 Å². The monoisotopic (exact) mass is 263 g/mol. The third-order valence-corrected chi connectivity index (χ3v) is 6.22. The molecule has 1 unspecified atom stereocenters. The topological polar surface area (TPSA) is 49.3 Å². The van der Waals surface area contributed by atoms with Crippen LogP contribution in [-0.2, 0) is 4.79 Å². The molecule has 0 saturated heterocycles. The van der Waals surface area contributed by atoms with Gasteiger partial charge < -0.3 is 10.4 Å². The number of hydrogen-bond acceptors (Lipinski definition) is 2. The van der Waals surface area contributed by atoms with E-state index in [1.54, 1.807) is 0 Å². The van der Waals surface area contributed by atoms with Crippen molar-refractivity contribution in [3.63, 3.8) is 0 Å². The average Bonchev–Trinajstić information content (AvgIpc) is 3.11. The maximum atomic E-state index is 11.3. The van der Waals surface area contributed by atoms with Crippen molar-refractivity contribution in [2.75, 3.05) is 6.54 Å². The van der Waals surface area contributed by atoms with Gasteiger partial charge in [0.05, 0.1) is 0 Å². The first kappa shape index (κ1) is 12.2. The molecule has 0 aromatic heterocycles. The molecule has 5 aliphatic rings. The Hall–Kier alpha value is -0.570.